The first-order chi connectivity index (χ1) is 9.28. The summed E-state index contributed by atoms with van der Waals surface area (Å²) in [4.78, 5) is 44.7. The van der Waals surface area contributed by atoms with Crippen molar-refractivity contribution in [3.05, 3.63) is 11.5 Å². The molecule has 0 saturated carbocycles. The van der Waals surface area contributed by atoms with E-state index in [1.807, 2.05) is 0 Å². The van der Waals surface area contributed by atoms with Gasteiger partial charge in [-0.1, -0.05) is 0 Å². The number of cyclic esters (lactones) is 1. The Morgan fingerprint density at radius 3 is 1.83 bits per heavy atom. The van der Waals surface area contributed by atoms with E-state index in [1.165, 1.54) is 0 Å². The third-order valence-corrected chi connectivity index (χ3v) is 3.33. The molecular weight excluding hydrogens is 420 g/mol. The molecule has 0 unspecified atom stereocenters. The molecule has 0 aromatic rings. The molecule has 1 aliphatic rings. The molecule has 6 N–H and O–H groups in total. The summed E-state index contributed by atoms with van der Waals surface area (Å²) in [6.07, 6.45) is -2.78. The predicted molar refractivity (Wildman–Crippen MR) is 56.0 cm³/mol. The van der Waals surface area contributed by atoms with E-state index >= 15 is 0 Å². The smallest absolute Gasteiger partial charge is 0.789 e. The Balaban J connectivity index is -0.000000332. The Labute approximate surface area is 214 Å². The van der Waals surface area contributed by atoms with E-state index in [0.29, 0.717) is 0 Å². The van der Waals surface area contributed by atoms with Gasteiger partial charge >= 0.3 is 117 Å². The number of esters is 1. The fourth-order valence-electron chi connectivity index (χ4n) is 0.953. The van der Waals surface area contributed by atoms with Gasteiger partial charge in [-0.05, 0) is 0 Å². The van der Waals surface area contributed by atoms with Crippen LogP contribution in [0.2, 0.25) is 0 Å². The number of hydrogen-bond acceptors (Lipinski definition) is 11. The van der Waals surface area contributed by atoms with Crippen LogP contribution in [0.4, 0.5) is 0 Å². The van der Waals surface area contributed by atoms with Crippen molar-refractivity contribution < 1.29 is 166 Å². The summed E-state index contributed by atoms with van der Waals surface area (Å²) < 4.78 is 26.0. The SMILES string of the molecule is O=C1O[C@H]([C@@H](O)CO)C(O)=C1O.O=P([O-])([O-])OP(=O)(O)O.[K+].[K+]. The number of hydrogen-bond donors (Lipinski definition) is 6. The number of aliphatic hydroxyl groups excluding tert-OH is 4. The van der Waals surface area contributed by atoms with Gasteiger partial charge in [0.1, 0.15) is 6.10 Å². The van der Waals surface area contributed by atoms with Gasteiger partial charge in [-0.2, -0.15) is 0 Å². The molecule has 23 heavy (non-hydrogen) atoms. The molecule has 0 saturated heterocycles. The molecule has 1 aliphatic heterocycles. The van der Waals surface area contributed by atoms with Crippen molar-refractivity contribution in [3.8, 4) is 0 Å². The first-order valence-electron chi connectivity index (χ1n) is 4.69. The van der Waals surface area contributed by atoms with E-state index in [1.54, 1.807) is 0 Å². The molecule has 0 spiro atoms. The van der Waals surface area contributed by atoms with E-state index in [-0.39, 0.29) is 103 Å². The summed E-state index contributed by atoms with van der Waals surface area (Å²) in [7, 11) is -10.7. The van der Waals surface area contributed by atoms with Crippen LogP contribution in [0.1, 0.15) is 0 Å². The molecule has 1 rings (SSSR count). The van der Waals surface area contributed by atoms with Crippen LogP contribution in [0.5, 0.6) is 0 Å². The minimum atomic E-state index is -5.55. The van der Waals surface area contributed by atoms with Crippen LogP contribution in [0.25, 0.3) is 0 Å². The number of carbonyl (C=O) groups is 1. The molecule has 0 radical (unpaired) electrons. The van der Waals surface area contributed by atoms with Crippen LogP contribution in [-0.4, -0.2) is 55.0 Å². The first-order valence-corrected chi connectivity index (χ1v) is 7.68. The molecule has 2 atom stereocenters. The van der Waals surface area contributed by atoms with Crippen LogP contribution < -0.4 is 113 Å². The van der Waals surface area contributed by atoms with Gasteiger partial charge in [0, 0.05) is 0 Å². The molecule has 0 aliphatic carbocycles. The fraction of sp³-hybridized carbons (Fsp3) is 0.500. The minimum absolute atomic E-state index is 0. The van der Waals surface area contributed by atoms with E-state index in [4.69, 9.17) is 30.2 Å². The molecule has 0 amide bonds. The van der Waals surface area contributed by atoms with Crippen molar-refractivity contribution in [3.63, 3.8) is 0 Å². The second-order valence-electron chi connectivity index (χ2n) is 3.33. The van der Waals surface area contributed by atoms with Crippen LogP contribution in [0, 0.1) is 0 Å². The van der Waals surface area contributed by atoms with Gasteiger partial charge in [0.05, 0.1) is 14.4 Å². The van der Waals surface area contributed by atoms with E-state index in [2.05, 4.69) is 9.05 Å². The normalized spacial score (nSPS) is 18.9. The zero-order valence-electron chi connectivity index (χ0n) is 11.8. The van der Waals surface area contributed by atoms with Crippen LogP contribution in [0.3, 0.4) is 0 Å². The molecule has 124 valence electrons. The molecule has 0 bridgehead atoms. The van der Waals surface area contributed by atoms with Crippen molar-refractivity contribution in [1.29, 1.82) is 0 Å². The second-order valence-corrected chi connectivity index (χ2v) is 5.86. The third kappa shape index (κ3) is 13.1. The van der Waals surface area contributed by atoms with Crippen molar-refractivity contribution in [2.75, 3.05) is 6.61 Å². The summed E-state index contributed by atoms with van der Waals surface area (Å²) >= 11 is 0. The maximum atomic E-state index is 10.5. The molecule has 17 heteroatoms. The molecule has 0 aromatic heterocycles. The maximum Gasteiger partial charge on any atom is 1.00 e. The van der Waals surface area contributed by atoms with Crippen molar-refractivity contribution in [2.45, 2.75) is 12.2 Å². The van der Waals surface area contributed by atoms with E-state index in [0.717, 1.165) is 0 Å². The summed E-state index contributed by atoms with van der Waals surface area (Å²) in [6, 6.07) is 0. The van der Waals surface area contributed by atoms with Gasteiger partial charge < -0.3 is 49.3 Å². The summed E-state index contributed by atoms with van der Waals surface area (Å²) in [5, 5.41) is 35.0. The van der Waals surface area contributed by atoms with Crippen LogP contribution in [-0.2, 0) is 23.0 Å². The Hall–Kier alpha value is 2.26. The van der Waals surface area contributed by atoms with Gasteiger partial charge in [0.2, 0.25) is 5.76 Å². The van der Waals surface area contributed by atoms with Crippen LogP contribution >= 0.6 is 15.6 Å². The Morgan fingerprint density at radius 1 is 1.22 bits per heavy atom. The molecule has 1 heterocycles. The topological polar surface area (TPSA) is 237 Å². The third-order valence-electron chi connectivity index (χ3n) is 1.68. The van der Waals surface area contributed by atoms with Crippen LogP contribution in [0.15, 0.2) is 11.5 Å². The van der Waals surface area contributed by atoms with Crippen molar-refractivity contribution >= 4 is 21.6 Å². The number of rotatable bonds is 4. The van der Waals surface area contributed by atoms with Gasteiger partial charge in [-0.25, -0.2) is 9.36 Å². The van der Waals surface area contributed by atoms with Gasteiger partial charge in [0.25, 0.3) is 0 Å². The molecule has 0 fully saturated rings. The predicted octanol–water partition coefficient (Wildman–Crippen LogP) is -9.47. The van der Waals surface area contributed by atoms with Gasteiger partial charge in [-0.15, -0.1) is 0 Å². The number of ether oxygens (including phenoxy) is 1. The van der Waals surface area contributed by atoms with Gasteiger partial charge in [-0.3, -0.25) is 4.31 Å². The van der Waals surface area contributed by atoms with Crippen molar-refractivity contribution in [2.24, 2.45) is 0 Å². The quantitative estimate of drug-likeness (QED) is 0.138. The summed E-state index contributed by atoms with van der Waals surface area (Å²) in [5.74, 6) is -2.78. The Morgan fingerprint density at radius 2 is 1.65 bits per heavy atom. The maximum absolute atomic E-state index is 10.5. The monoisotopic (exact) mass is 430 g/mol. The second kappa shape index (κ2) is 12.6. The number of aliphatic hydroxyl groups is 4. The van der Waals surface area contributed by atoms with Crippen molar-refractivity contribution in [1.82, 2.24) is 0 Å². The van der Waals surface area contributed by atoms with E-state index in [9.17, 15) is 23.7 Å². The zero-order valence-corrected chi connectivity index (χ0v) is 19.8. The van der Waals surface area contributed by atoms with Gasteiger partial charge in [0.15, 0.2) is 11.9 Å². The molecule has 13 nitrogen and oxygen atoms in total. The molecular formula is C6H10K2O13P2. The molecule has 0 aromatic carbocycles. The van der Waals surface area contributed by atoms with E-state index < -0.39 is 51.9 Å². The Kier molecular flexibility index (Phi) is 16.5. The first kappa shape index (κ1) is 30.0. The average Bonchev–Trinajstić information content (AvgIpc) is 2.52. The average molecular weight is 430 g/mol. The fourth-order valence-corrected chi connectivity index (χ4v) is 2.00. The largest absolute Gasteiger partial charge is 1.00 e. The standard InChI is InChI=1S/C6H8O6.2K.H4O7P2/c7-1-2(8)5-3(9)4(10)6(11)12-5;;;1-8(2,3)7-9(4,5)6/h2,5,7-10H,1H2;;;(H2,1,2,3)(H2,4,5,6)/q;2*+1;/p-2/t2-,5+;;;/m0.../s1. The zero-order chi connectivity index (χ0) is 17.0. The Bertz CT molecular complexity index is 489. The summed E-state index contributed by atoms with van der Waals surface area (Å²) in [6.45, 7) is -0.671. The number of carbonyl (C=O) groups excluding carboxylic acids is 1. The minimum Gasteiger partial charge on any atom is -0.789 e. The number of phosphoric acid groups is 2. The summed E-state index contributed by atoms with van der Waals surface area (Å²) in [5.41, 5.74) is 0.